The molecule has 9 heteroatoms. The molecule has 4 rings (SSSR count). The predicted molar refractivity (Wildman–Crippen MR) is 113 cm³/mol. The topological polar surface area (TPSA) is 83.8 Å². The van der Waals surface area contributed by atoms with Gasteiger partial charge in [0.25, 0.3) is 5.69 Å². The van der Waals surface area contributed by atoms with Crippen molar-refractivity contribution >= 4 is 43.8 Å². The summed E-state index contributed by atoms with van der Waals surface area (Å²) >= 11 is 6.21. The second kappa shape index (κ2) is 7.62. The first-order valence-corrected chi connectivity index (χ1v) is 10.9. The van der Waals surface area contributed by atoms with E-state index in [1.54, 1.807) is 29.2 Å². The minimum atomic E-state index is -3.66. The number of sulfonamides is 1. The molecule has 0 radical (unpaired) electrons. The Labute approximate surface area is 173 Å². The van der Waals surface area contributed by atoms with Gasteiger partial charge in [0.15, 0.2) is 0 Å². The van der Waals surface area contributed by atoms with Crippen molar-refractivity contribution in [2.75, 3.05) is 31.1 Å². The fourth-order valence-electron chi connectivity index (χ4n) is 3.59. The van der Waals surface area contributed by atoms with Crippen LogP contribution in [0, 0.1) is 10.1 Å². The molecule has 7 nitrogen and oxygen atoms in total. The van der Waals surface area contributed by atoms with Crippen molar-refractivity contribution in [1.29, 1.82) is 0 Å². The molecule has 0 unspecified atom stereocenters. The summed E-state index contributed by atoms with van der Waals surface area (Å²) < 4.78 is 27.6. The monoisotopic (exact) mass is 431 g/mol. The Bertz CT molecular complexity index is 1190. The van der Waals surface area contributed by atoms with Gasteiger partial charge in [-0.2, -0.15) is 4.31 Å². The number of halogens is 1. The maximum absolute atomic E-state index is 13.1. The van der Waals surface area contributed by atoms with E-state index in [0.717, 1.165) is 10.8 Å². The van der Waals surface area contributed by atoms with Gasteiger partial charge in [0.1, 0.15) is 5.69 Å². The summed E-state index contributed by atoms with van der Waals surface area (Å²) in [6.07, 6.45) is 0. The molecule has 1 aliphatic rings. The number of rotatable bonds is 4. The van der Waals surface area contributed by atoms with E-state index in [1.165, 1.54) is 16.4 Å². The summed E-state index contributed by atoms with van der Waals surface area (Å²) in [6, 6.07) is 17.2. The molecular weight excluding hydrogens is 414 g/mol. The van der Waals surface area contributed by atoms with Crippen LogP contribution in [0.4, 0.5) is 11.4 Å². The summed E-state index contributed by atoms with van der Waals surface area (Å²) in [5.74, 6) is 0. The molecule has 0 bridgehead atoms. The molecule has 3 aromatic carbocycles. The normalized spacial score (nSPS) is 15.6. The Balaban J connectivity index is 1.57. The van der Waals surface area contributed by atoms with Crippen LogP contribution in [0.5, 0.6) is 0 Å². The molecule has 1 saturated heterocycles. The molecule has 1 fully saturated rings. The van der Waals surface area contributed by atoms with E-state index in [0.29, 0.717) is 18.8 Å². The highest BCUT2D eigenvalue weighted by Crippen LogP contribution is 2.36. The Morgan fingerprint density at radius 2 is 1.59 bits per heavy atom. The molecule has 0 atom stereocenters. The Morgan fingerprint density at radius 1 is 0.897 bits per heavy atom. The second-order valence-corrected chi connectivity index (χ2v) is 9.11. The lowest BCUT2D eigenvalue weighted by atomic mass is 10.1. The minimum Gasteiger partial charge on any atom is -0.362 e. The lowest BCUT2D eigenvalue weighted by molar-refractivity contribution is -0.384. The number of nitro groups is 1. The van der Waals surface area contributed by atoms with Crippen molar-refractivity contribution in [3.63, 3.8) is 0 Å². The second-order valence-electron chi connectivity index (χ2n) is 6.76. The number of fused-ring (bicyclic) bond motifs is 1. The minimum absolute atomic E-state index is 0.0802. The Morgan fingerprint density at radius 3 is 2.28 bits per heavy atom. The van der Waals surface area contributed by atoms with Crippen LogP contribution in [0.1, 0.15) is 0 Å². The molecule has 0 spiro atoms. The Hall–Kier alpha value is -2.68. The zero-order chi connectivity index (χ0) is 20.6. The van der Waals surface area contributed by atoms with Crippen LogP contribution in [0.3, 0.4) is 0 Å². The highest BCUT2D eigenvalue weighted by molar-refractivity contribution is 7.89. The molecule has 0 saturated carbocycles. The lowest BCUT2D eigenvalue weighted by Gasteiger charge is -2.35. The van der Waals surface area contributed by atoms with Crippen LogP contribution in [-0.4, -0.2) is 43.8 Å². The molecule has 0 amide bonds. The fourth-order valence-corrected chi connectivity index (χ4v) is 5.34. The van der Waals surface area contributed by atoms with E-state index >= 15 is 0 Å². The number of anilines is 1. The van der Waals surface area contributed by atoms with Crippen LogP contribution in [0.25, 0.3) is 10.8 Å². The van der Waals surface area contributed by atoms with Crippen molar-refractivity contribution in [2.45, 2.75) is 4.90 Å². The van der Waals surface area contributed by atoms with Crippen molar-refractivity contribution < 1.29 is 13.3 Å². The third-order valence-corrected chi connectivity index (χ3v) is 7.28. The molecule has 0 aromatic heterocycles. The van der Waals surface area contributed by atoms with Crippen molar-refractivity contribution in [3.8, 4) is 0 Å². The van der Waals surface area contributed by atoms with Crippen molar-refractivity contribution in [2.24, 2.45) is 0 Å². The zero-order valence-corrected chi connectivity index (χ0v) is 16.9. The molecule has 29 heavy (non-hydrogen) atoms. The van der Waals surface area contributed by atoms with Crippen LogP contribution >= 0.6 is 11.6 Å². The number of nitro benzene ring substituents is 1. The fraction of sp³-hybridized carbons (Fsp3) is 0.200. The Kier molecular flexibility index (Phi) is 5.16. The highest BCUT2D eigenvalue weighted by atomic mass is 35.5. The first-order valence-electron chi connectivity index (χ1n) is 9.05. The van der Waals surface area contributed by atoms with Crippen LogP contribution in [-0.2, 0) is 10.0 Å². The number of hydrogen-bond donors (Lipinski definition) is 0. The van der Waals surface area contributed by atoms with Gasteiger partial charge in [0.2, 0.25) is 10.0 Å². The van der Waals surface area contributed by atoms with Gasteiger partial charge < -0.3 is 4.90 Å². The third-order valence-electron chi connectivity index (χ3n) is 5.08. The summed E-state index contributed by atoms with van der Waals surface area (Å²) in [4.78, 5) is 12.9. The molecule has 1 heterocycles. The molecule has 0 aliphatic carbocycles. The van der Waals surface area contributed by atoms with Gasteiger partial charge in [-0.25, -0.2) is 8.42 Å². The van der Waals surface area contributed by atoms with Crippen LogP contribution in [0.15, 0.2) is 65.6 Å². The average Bonchev–Trinajstić information content (AvgIpc) is 2.73. The molecule has 0 N–H and O–H groups in total. The first-order chi connectivity index (χ1) is 13.9. The van der Waals surface area contributed by atoms with Gasteiger partial charge in [0, 0.05) is 32.2 Å². The molecular formula is C20H18ClN3O4S. The number of hydrogen-bond acceptors (Lipinski definition) is 5. The van der Waals surface area contributed by atoms with Crippen molar-refractivity contribution in [3.05, 3.63) is 75.8 Å². The highest BCUT2D eigenvalue weighted by Gasteiger charge is 2.31. The summed E-state index contributed by atoms with van der Waals surface area (Å²) in [7, 11) is -3.66. The van der Waals surface area contributed by atoms with Gasteiger partial charge in [0.05, 0.1) is 14.8 Å². The van der Waals surface area contributed by atoms with Gasteiger partial charge in [-0.1, -0.05) is 48.0 Å². The van der Waals surface area contributed by atoms with Gasteiger partial charge in [-0.15, -0.1) is 0 Å². The first kappa shape index (κ1) is 19.6. The summed E-state index contributed by atoms with van der Waals surface area (Å²) in [5, 5.41) is 13.5. The number of piperazine rings is 1. The summed E-state index contributed by atoms with van der Waals surface area (Å²) in [6.45, 7) is 1.07. The van der Waals surface area contributed by atoms with E-state index < -0.39 is 14.9 Å². The maximum Gasteiger partial charge on any atom is 0.294 e. The smallest absolute Gasteiger partial charge is 0.294 e. The molecule has 150 valence electrons. The standard InChI is InChI=1S/C20H18ClN3O4S/c21-18-6-3-7-19(24(25)26)20(18)22-10-12-23(13-11-22)29(27,28)17-9-8-15-4-1-2-5-16(15)14-17/h1-9,14H,10-13H2. The SMILES string of the molecule is O=[N+]([O-])c1cccc(Cl)c1N1CCN(S(=O)(=O)c2ccc3ccccc3c2)CC1. The van der Waals surface area contributed by atoms with Crippen LogP contribution in [0.2, 0.25) is 5.02 Å². The lowest BCUT2D eigenvalue weighted by Crippen LogP contribution is -2.48. The van der Waals surface area contributed by atoms with E-state index in [1.807, 2.05) is 24.3 Å². The predicted octanol–water partition coefficient (Wildman–Crippen LogP) is 3.91. The van der Waals surface area contributed by atoms with Gasteiger partial charge in [-0.3, -0.25) is 10.1 Å². The largest absolute Gasteiger partial charge is 0.362 e. The zero-order valence-electron chi connectivity index (χ0n) is 15.4. The van der Waals surface area contributed by atoms with Crippen molar-refractivity contribution in [1.82, 2.24) is 4.31 Å². The number of nitrogens with zero attached hydrogens (tertiary/aromatic N) is 3. The van der Waals surface area contributed by atoms with Gasteiger partial charge >= 0.3 is 0 Å². The van der Waals surface area contributed by atoms with Crippen LogP contribution < -0.4 is 4.90 Å². The average molecular weight is 432 g/mol. The molecule has 1 aliphatic heterocycles. The van der Waals surface area contributed by atoms with E-state index in [9.17, 15) is 18.5 Å². The van der Waals surface area contributed by atoms with Gasteiger partial charge in [-0.05, 0) is 29.0 Å². The van der Waals surface area contributed by atoms with E-state index in [-0.39, 0.29) is 28.7 Å². The maximum atomic E-state index is 13.1. The number of para-hydroxylation sites is 1. The van der Waals surface area contributed by atoms with E-state index in [4.69, 9.17) is 11.6 Å². The quantitative estimate of drug-likeness (QED) is 0.462. The van der Waals surface area contributed by atoms with E-state index in [2.05, 4.69) is 0 Å². The summed E-state index contributed by atoms with van der Waals surface area (Å²) in [5.41, 5.74) is 0.255. The third kappa shape index (κ3) is 3.66. The molecule has 3 aromatic rings. The number of benzene rings is 3.